The summed E-state index contributed by atoms with van der Waals surface area (Å²) in [6, 6.07) is 2.70. The van der Waals surface area contributed by atoms with Crippen molar-refractivity contribution >= 4 is 34.8 Å². The molecule has 0 radical (unpaired) electrons. The van der Waals surface area contributed by atoms with Gasteiger partial charge in [0.25, 0.3) is 5.69 Å². The summed E-state index contributed by atoms with van der Waals surface area (Å²) in [5.41, 5.74) is 4.84. The average Bonchev–Trinajstić information content (AvgIpc) is 2.90. The van der Waals surface area contributed by atoms with Crippen LogP contribution in [0.25, 0.3) is 0 Å². The molecule has 98 valence electrons. The average molecular weight is 298 g/mol. The largest absolute Gasteiger partial charge is 0.409 e. The minimum absolute atomic E-state index is 0.193. The predicted octanol–water partition coefficient (Wildman–Crippen LogP) is 1.09. The Balaban J connectivity index is 2.40. The molecule has 0 atom stereocenters. The Morgan fingerprint density at radius 1 is 1.58 bits per heavy atom. The van der Waals surface area contributed by atoms with Gasteiger partial charge in [0.2, 0.25) is 0 Å². The summed E-state index contributed by atoms with van der Waals surface area (Å²) in [5, 5.41) is 22.6. The molecule has 2 aromatic rings. The summed E-state index contributed by atoms with van der Waals surface area (Å²) in [4.78, 5) is 18.1. The lowest BCUT2D eigenvalue weighted by molar-refractivity contribution is -0.385. The maximum Gasteiger partial charge on any atom is 0.298 e. The molecule has 0 aromatic carbocycles. The van der Waals surface area contributed by atoms with Crippen molar-refractivity contribution in [3.8, 4) is 0 Å². The fraction of sp³-hybridized carbons (Fsp3) is 0. The first-order valence-electron chi connectivity index (χ1n) is 4.69. The standard InChI is InChI=1S/C8H6N6O3S2/c9-7(13-15)6-4(14(16)17)1-2-5(12-6)18-8-10-3-11-19-8/h1-3,15H,(H2,9,13). The van der Waals surface area contributed by atoms with Crippen LogP contribution in [0.15, 0.2) is 33.0 Å². The molecular formula is C8H6N6O3S2. The number of hydrogen-bond donors (Lipinski definition) is 2. The third-order valence-electron chi connectivity index (χ3n) is 1.93. The van der Waals surface area contributed by atoms with Gasteiger partial charge in [-0.15, -0.1) is 0 Å². The molecule has 2 aromatic heterocycles. The van der Waals surface area contributed by atoms with E-state index >= 15 is 0 Å². The second kappa shape index (κ2) is 5.58. The number of oxime groups is 1. The zero-order chi connectivity index (χ0) is 13.8. The first-order chi connectivity index (χ1) is 9.11. The van der Waals surface area contributed by atoms with Crippen molar-refractivity contribution in [1.29, 1.82) is 0 Å². The summed E-state index contributed by atoms with van der Waals surface area (Å²) in [5.74, 6) is -0.425. The van der Waals surface area contributed by atoms with Gasteiger partial charge in [0.05, 0.1) is 4.92 Å². The Labute approximate surface area is 114 Å². The monoisotopic (exact) mass is 298 g/mol. The van der Waals surface area contributed by atoms with Gasteiger partial charge in [0, 0.05) is 6.07 Å². The SMILES string of the molecule is N/C(=N/O)c1nc(Sc2ncns2)ccc1[N+](=O)[O-]. The molecule has 0 unspecified atom stereocenters. The number of aromatic nitrogens is 3. The normalized spacial score (nSPS) is 11.5. The summed E-state index contributed by atoms with van der Waals surface area (Å²) in [6.45, 7) is 0. The Morgan fingerprint density at radius 2 is 2.37 bits per heavy atom. The molecule has 19 heavy (non-hydrogen) atoms. The first-order valence-corrected chi connectivity index (χ1v) is 6.28. The molecule has 2 rings (SSSR count). The van der Waals surface area contributed by atoms with Gasteiger partial charge in [-0.3, -0.25) is 10.1 Å². The number of hydrogen-bond acceptors (Lipinski definition) is 9. The molecule has 0 amide bonds. The van der Waals surface area contributed by atoms with Crippen LogP contribution in [0.1, 0.15) is 5.69 Å². The quantitative estimate of drug-likeness (QED) is 0.281. The highest BCUT2D eigenvalue weighted by Gasteiger charge is 2.20. The Bertz CT molecular complexity index is 629. The summed E-state index contributed by atoms with van der Waals surface area (Å²) in [7, 11) is 0. The lowest BCUT2D eigenvalue weighted by Gasteiger charge is -2.02. The molecule has 0 fully saturated rings. The number of amidine groups is 1. The number of nitrogens with two attached hydrogens (primary N) is 1. The number of nitro groups is 1. The van der Waals surface area contributed by atoms with Crippen LogP contribution in [0.5, 0.6) is 0 Å². The fourth-order valence-electron chi connectivity index (χ4n) is 1.17. The third kappa shape index (κ3) is 2.95. The van der Waals surface area contributed by atoms with Crippen LogP contribution < -0.4 is 5.73 Å². The molecule has 3 N–H and O–H groups in total. The van der Waals surface area contributed by atoms with Crippen molar-refractivity contribution in [1.82, 2.24) is 14.3 Å². The minimum Gasteiger partial charge on any atom is -0.409 e. The van der Waals surface area contributed by atoms with E-state index in [9.17, 15) is 10.1 Å². The maximum atomic E-state index is 10.8. The van der Waals surface area contributed by atoms with Crippen molar-refractivity contribution in [3.63, 3.8) is 0 Å². The van der Waals surface area contributed by atoms with Crippen molar-refractivity contribution in [2.45, 2.75) is 9.37 Å². The summed E-state index contributed by atoms with van der Waals surface area (Å²) < 4.78 is 4.45. The van der Waals surface area contributed by atoms with Crippen LogP contribution in [0.3, 0.4) is 0 Å². The van der Waals surface area contributed by atoms with Crippen molar-refractivity contribution < 1.29 is 10.1 Å². The van der Waals surface area contributed by atoms with Gasteiger partial charge in [-0.05, 0) is 29.4 Å². The van der Waals surface area contributed by atoms with E-state index < -0.39 is 10.8 Å². The predicted molar refractivity (Wildman–Crippen MR) is 67.4 cm³/mol. The zero-order valence-electron chi connectivity index (χ0n) is 9.13. The van der Waals surface area contributed by atoms with E-state index in [0.29, 0.717) is 9.37 Å². The molecule has 11 heteroatoms. The van der Waals surface area contributed by atoms with Crippen molar-refractivity contribution in [3.05, 3.63) is 34.3 Å². The minimum atomic E-state index is -0.653. The lowest BCUT2D eigenvalue weighted by atomic mass is 10.3. The summed E-state index contributed by atoms with van der Waals surface area (Å²) >= 11 is 2.34. The van der Waals surface area contributed by atoms with Crippen LogP contribution in [0.4, 0.5) is 5.69 Å². The van der Waals surface area contributed by atoms with E-state index in [0.717, 1.165) is 0 Å². The second-order valence-corrected chi connectivity index (χ2v) is 5.12. The molecule has 0 saturated carbocycles. The lowest BCUT2D eigenvalue weighted by Crippen LogP contribution is -2.17. The fourth-order valence-corrected chi connectivity index (χ4v) is 2.54. The van der Waals surface area contributed by atoms with E-state index in [2.05, 4.69) is 19.5 Å². The first kappa shape index (κ1) is 13.2. The van der Waals surface area contributed by atoms with Gasteiger partial charge in [0.1, 0.15) is 11.4 Å². The highest BCUT2D eigenvalue weighted by Crippen LogP contribution is 2.28. The molecule has 0 saturated heterocycles. The van der Waals surface area contributed by atoms with Gasteiger partial charge in [-0.25, -0.2) is 9.97 Å². The van der Waals surface area contributed by atoms with Crippen LogP contribution >= 0.6 is 23.3 Å². The maximum absolute atomic E-state index is 10.8. The molecule has 0 spiro atoms. The molecule has 0 aliphatic carbocycles. The Hall–Kier alpha value is -2.27. The van der Waals surface area contributed by atoms with E-state index in [1.54, 1.807) is 0 Å². The molecular weight excluding hydrogens is 292 g/mol. The van der Waals surface area contributed by atoms with E-state index in [4.69, 9.17) is 10.9 Å². The van der Waals surface area contributed by atoms with Crippen molar-refractivity contribution in [2.75, 3.05) is 0 Å². The zero-order valence-corrected chi connectivity index (χ0v) is 10.8. The van der Waals surface area contributed by atoms with Gasteiger partial charge >= 0.3 is 0 Å². The van der Waals surface area contributed by atoms with Crippen molar-refractivity contribution in [2.24, 2.45) is 10.9 Å². The number of nitrogens with zero attached hydrogens (tertiary/aromatic N) is 5. The summed E-state index contributed by atoms with van der Waals surface area (Å²) in [6.07, 6.45) is 1.39. The third-order valence-corrected chi connectivity index (χ3v) is 3.58. The Morgan fingerprint density at radius 3 is 2.95 bits per heavy atom. The van der Waals surface area contributed by atoms with Gasteiger partial charge in [0.15, 0.2) is 15.9 Å². The molecule has 0 bridgehead atoms. The molecule has 0 aliphatic heterocycles. The number of rotatable bonds is 4. The van der Waals surface area contributed by atoms with E-state index in [1.807, 2.05) is 0 Å². The van der Waals surface area contributed by atoms with Gasteiger partial charge in [-0.1, -0.05) is 5.16 Å². The van der Waals surface area contributed by atoms with Crippen LogP contribution in [0.2, 0.25) is 0 Å². The topological polar surface area (TPSA) is 140 Å². The Kier molecular flexibility index (Phi) is 3.87. The number of pyridine rings is 1. The van der Waals surface area contributed by atoms with Crippen LogP contribution in [-0.2, 0) is 0 Å². The van der Waals surface area contributed by atoms with Gasteiger partial charge in [-0.2, -0.15) is 4.37 Å². The molecule has 9 nitrogen and oxygen atoms in total. The van der Waals surface area contributed by atoms with Gasteiger partial charge < -0.3 is 10.9 Å². The van der Waals surface area contributed by atoms with E-state index in [-0.39, 0.29) is 11.4 Å². The molecule has 0 aliphatic rings. The van der Waals surface area contributed by atoms with Crippen LogP contribution in [-0.4, -0.2) is 30.3 Å². The van der Waals surface area contributed by atoms with Crippen LogP contribution in [0, 0.1) is 10.1 Å². The molecule has 2 heterocycles. The smallest absolute Gasteiger partial charge is 0.298 e. The van der Waals surface area contributed by atoms with E-state index in [1.165, 1.54) is 41.8 Å². The second-order valence-electron chi connectivity index (χ2n) is 3.07. The highest BCUT2D eigenvalue weighted by atomic mass is 32.2. The highest BCUT2D eigenvalue weighted by molar-refractivity contribution is 8.00.